The molecule has 0 saturated carbocycles. The van der Waals surface area contributed by atoms with Crippen LogP contribution >= 0.6 is 0 Å². The Balaban J connectivity index is -0.0000000720. The van der Waals surface area contributed by atoms with E-state index in [0.717, 1.165) is 0 Å². The molecule has 0 amide bonds. The fourth-order valence-electron chi connectivity index (χ4n) is 0. The predicted molar refractivity (Wildman–Crippen MR) is 5.75 cm³/mol. The van der Waals surface area contributed by atoms with E-state index in [2.05, 4.69) is 0 Å². The molecule has 0 N–H and O–H groups in total. The number of hydrogen-bond donors (Lipinski definition) is 0. The second-order valence-corrected chi connectivity index (χ2v) is 1.13. The van der Waals surface area contributed by atoms with Crippen LogP contribution in [-0.2, 0) is 0 Å². The Kier molecular flexibility index (Phi) is 21.8. The van der Waals surface area contributed by atoms with E-state index in [-0.39, 0.29) is 23.1 Å². The zero-order valence-electron chi connectivity index (χ0n) is 3.91. The van der Waals surface area contributed by atoms with Crippen molar-refractivity contribution in [1.29, 1.82) is 0 Å². The van der Waals surface area contributed by atoms with Crippen LogP contribution in [-0.4, -0.2) is 23.1 Å². The fraction of sp³-hybridized carbons (Fsp3) is 0. The summed E-state index contributed by atoms with van der Waals surface area (Å²) in [5.74, 6) is 0. The van der Waals surface area contributed by atoms with Crippen LogP contribution in [0.2, 0.25) is 0 Å². The van der Waals surface area contributed by atoms with Gasteiger partial charge in [0.25, 0.3) is 0 Å². The first-order valence-electron chi connectivity index (χ1n) is 0.926. The summed E-state index contributed by atoms with van der Waals surface area (Å²) in [6.45, 7) is 0. The first-order chi connectivity index (χ1) is 3.46. The fourth-order valence-corrected chi connectivity index (χ4v) is 0. The SMILES string of the molecule is [Mg+2].[O-][Cl+2]([O-])[O-].[O-][Cl+2]([O-])[O-]. The van der Waals surface area contributed by atoms with Crippen LogP contribution in [0.5, 0.6) is 0 Å². The second-order valence-electron chi connectivity index (χ2n) is 0.378. The summed E-state index contributed by atoms with van der Waals surface area (Å²) in [6, 6.07) is 0. The molecule has 0 heterocycles. The van der Waals surface area contributed by atoms with Gasteiger partial charge in [-0.05, 0) is 0 Å². The van der Waals surface area contributed by atoms with E-state index < -0.39 is 21.6 Å². The first-order valence-corrected chi connectivity index (χ1v) is 2.78. The zero-order chi connectivity index (χ0) is 7.15. The van der Waals surface area contributed by atoms with Gasteiger partial charge in [0.15, 0.2) is 0 Å². The third kappa shape index (κ3) is 376. The van der Waals surface area contributed by atoms with E-state index in [1.165, 1.54) is 0 Å². The molecule has 52 valence electrons. The average Bonchev–Trinajstić information content (AvgIpc) is 1.25. The van der Waals surface area contributed by atoms with Crippen molar-refractivity contribution in [3.8, 4) is 0 Å². The van der Waals surface area contributed by atoms with Gasteiger partial charge < -0.3 is 28.0 Å². The summed E-state index contributed by atoms with van der Waals surface area (Å²) < 4.78 is 50.4. The normalized spacial score (nSPS) is 8.00. The summed E-state index contributed by atoms with van der Waals surface area (Å²) >= 11 is 0. The van der Waals surface area contributed by atoms with Crippen molar-refractivity contribution in [2.45, 2.75) is 0 Å². The molecule has 0 aromatic heterocycles. The monoisotopic (exact) mass is 190 g/mol. The summed E-state index contributed by atoms with van der Waals surface area (Å²) in [5.41, 5.74) is 0. The summed E-state index contributed by atoms with van der Waals surface area (Å²) in [6.07, 6.45) is 0. The average molecular weight is 191 g/mol. The molecule has 9 heteroatoms. The Morgan fingerprint density at radius 2 is 0.556 bits per heavy atom. The van der Waals surface area contributed by atoms with Gasteiger partial charge in [0.1, 0.15) is 0 Å². The van der Waals surface area contributed by atoms with Crippen LogP contribution in [0.15, 0.2) is 0 Å². The standard InChI is InChI=1S/2ClO3.Mg/c2*2-1(3)4;/q2*-1;+2. The molecule has 0 aliphatic rings. The van der Waals surface area contributed by atoms with Gasteiger partial charge in [-0.15, -0.1) is 0 Å². The van der Waals surface area contributed by atoms with Crippen molar-refractivity contribution in [3.05, 3.63) is 0 Å². The Morgan fingerprint density at radius 3 is 0.556 bits per heavy atom. The van der Waals surface area contributed by atoms with Crippen molar-refractivity contribution < 1.29 is 49.5 Å². The zero-order valence-corrected chi connectivity index (χ0v) is 6.84. The van der Waals surface area contributed by atoms with Gasteiger partial charge in [-0.25, -0.2) is 0 Å². The van der Waals surface area contributed by atoms with E-state index in [4.69, 9.17) is 28.0 Å². The van der Waals surface area contributed by atoms with Crippen LogP contribution < -0.4 is 28.0 Å². The molecule has 0 aromatic rings. The Bertz CT molecular complexity index is 26.5. The van der Waals surface area contributed by atoms with E-state index in [9.17, 15) is 0 Å². The van der Waals surface area contributed by atoms with Gasteiger partial charge in [-0.3, -0.25) is 0 Å². The maximum atomic E-state index is 8.41. The van der Waals surface area contributed by atoms with E-state index in [1.54, 1.807) is 0 Å². The summed E-state index contributed by atoms with van der Waals surface area (Å²) in [7, 11) is -5.70. The molecule has 6 nitrogen and oxygen atoms in total. The summed E-state index contributed by atoms with van der Waals surface area (Å²) in [4.78, 5) is 0. The van der Waals surface area contributed by atoms with Gasteiger partial charge in [0.2, 0.25) is 0 Å². The van der Waals surface area contributed by atoms with Crippen molar-refractivity contribution in [2.24, 2.45) is 0 Å². The quantitative estimate of drug-likeness (QED) is 0.348. The minimum Gasteiger partial charge on any atom is -0.357 e. The van der Waals surface area contributed by atoms with Crippen molar-refractivity contribution >= 4 is 23.1 Å². The van der Waals surface area contributed by atoms with E-state index in [1.807, 2.05) is 0 Å². The van der Waals surface area contributed by atoms with Crippen LogP contribution in [0.3, 0.4) is 0 Å². The third-order valence-electron chi connectivity index (χ3n) is 0. The Labute approximate surface area is 72.7 Å². The predicted octanol–water partition coefficient (Wildman–Crippen LogP) is -7.51. The van der Waals surface area contributed by atoms with Gasteiger partial charge in [0.05, 0.1) is 21.6 Å². The maximum Gasteiger partial charge on any atom is 2.00 e. The van der Waals surface area contributed by atoms with Crippen molar-refractivity contribution in [2.75, 3.05) is 0 Å². The van der Waals surface area contributed by atoms with Gasteiger partial charge in [0, 0.05) is 0 Å². The van der Waals surface area contributed by atoms with Gasteiger partial charge in [-0.2, -0.15) is 0 Å². The third-order valence-corrected chi connectivity index (χ3v) is 0. The molecule has 0 aromatic carbocycles. The molecule has 0 unspecified atom stereocenters. The molecule has 0 spiro atoms. The van der Waals surface area contributed by atoms with Gasteiger partial charge >= 0.3 is 23.1 Å². The van der Waals surface area contributed by atoms with Crippen LogP contribution in [0, 0.1) is 21.6 Å². The largest absolute Gasteiger partial charge is 2.00 e. The second kappa shape index (κ2) is 11.8. The Morgan fingerprint density at radius 1 is 0.556 bits per heavy atom. The molecule has 0 saturated heterocycles. The molecular formula is Cl2MgO6. The number of hydrogen-bond acceptors (Lipinski definition) is 6. The molecule has 9 heavy (non-hydrogen) atoms. The minimum atomic E-state index is -2.85. The number of rotatable bonds is 0. The maximum absolute atomic E-state index is 8.41. The molecule has 0 atom stereocenters. The van der Waals surface area contributed by atoms with Crippen molar-refractivity contribution in [1.82, 2.24) is 0 Å². The van der Waals surface area contributed by atoms with Crippen LogP contribution in [0.25, 0.3) is 0 Å². The molecule has 0 bridgehead atoms. The van der Waals surface area contributed by atoms with E-state index in [0.29, 0.717) is 0 Å². The summed E-state index contributed by atoms with van der Waals surface area (Å²) in [5, 5.41) is 0. The first kappa shape index (κ1) is 16.6. The minimum absolute atomic E-state index is 0. The van der Waals surface area contributed by atoms with Crippen LogP contribution in [0.1, 0.15) is 0 Å². The van der Waals surface area contributed by atoms with Crippen molar-refractivity contribution in [3.63, 3.8) is 0 Å². The molecule has 0 aliphatic heterocycles. The topological polar surface area (TPSA) is 138 Å². The van der Waals surface area contributed by atoms with E-state index >= 15 is 0 Å². The number of halogens is 2. The molecule has 0 radical (unpaired) electrons. The molecular weight excluding hydrogens is 191 g/mol. The Hall–Kier alpha value is 1.11. The van der Waals surface area contributed by atoms with Crippen LogP contribution in [0.4, 0.5) is 0 Å². The molecule has 0 fully saturated rings. The smallest absolute Gasteiger partial charge is 0.357 e. The molecule has 0 rings (SSSR count). The van der Waals surface area contributed by atoms with Gasteiger partial charge in [-0.1, -0.05) is 0 Å². The molecule has 0 aliphatic carbocycles.